The van der Waals surface area contributed by atoms with Gasteiger partial charge < -0.3 is 10.6 Å². The van der Waals surface area contributed by atoms with Crippen LogP contribution in [-0.4, -0.2) is 12.6 Å². The molecule has 2 amide bonds. The highest BCUT2D eigenvalue weighted by Crippen LogP contribution is 2.39. The molecule has 1 fully saturated rings. The third kappa shape index (κ3) is 4.62. The number of rotatable bonds is 4. The lowest BCUT2D eigenvalue weighted by Crippen LogP contribution is -2.43. The molecule has 0 saturated heterocycles. The Morgan fingerprint density at radius 2 is 1.56 bits per heavy atom. The van der Waals surface area contributed by atoms with Crippen LogP contribution in [0.25, 0.3) is 0 Å². The van der Waals surface area contributed by atoms with Gasteiger partial charge in [0.05, 0.1) is 11.3 Å². The highest BCUT2D eigenvalue weighted by molar-refractivity contribution is 5.90. The number of anilines is 1. The summed E-state index contributed by atoms with van der Waals surface area (Å²) >= 11 is 0. The van der Waals surface area contributed by atoms with Crippen LogP contribution in [0.1, 0.15) is 43.2 Å². The lowest BCUT2D eigenvalue weighted by Gasteiger charge is -2.38. The summed E-state index contributed by atoms with van der Waals surface area (Å²) in [7, 11) is 0. The molecule has 0 unspecified atom stereocenters. The van der Waals surface area contributed by atoms with E-state index >= 15 is 0 Å². The summed E-state index contributed by atoms with van der Waals surface area (Å²) in [6.07, 6.45) is 0.718. The van der Waals surface area contributed by atoms with E-state index in [4.69, 9.17) is 0 Å². The predicted molar refractivity (Wildman–Crippen MR) is 99.7 cm³/mol. The van der Waals surface area contributed by atoms with Crippen LogP contribution in [-0.2, 0) is 11.6 Å². The third-order valence-electron chi connectivity index (χ3n) is 5.26. The molecule has 0 atom stereocenters. The number of carbonyl (C=O) groups is 1. The van der Waals surface area contributed by atoms with Crippen LogP contribution in [0.4, 0.5) is 23.7 Å². The van der Waals surface area contributed by atoms with Gasteiger partial charge >= 0.3 is 12.2 Å². The van der Waals surface area contributed by atoms with Crippen LogP contribution in [0, 0.1) is 0 Å². The average molecular weight is 376 g/mol. The van der Waals surface area contributed by atoms with Gasteiger partial charge in [0.1, 0.15) is 0 Å². The number of halogens is 3. The Bertz CT molecular complexity index is 768. The fraction of sp³-hybridized carbons (Fsp3) is 0.381. The van der Waals surface area contributed by atoms with E-state index in [1.165, 1.54) is 30.2 Å². The van der Waals surface area contributed by atoms with Crippen molar-refractivity contribution in [2.24, 2.45) is 0 Å². The molecule has 0 spiro atoms. The van der Waals surface area contributed by atoms with E-state index in [2.05, 4.69) is 22.8 Å². The molecule has 6 heteroatoms. The van der Waals surface area contributed by atoms with Crippen molar-refractivity contribution in [3.63, 3.8) is 0 Å². The van der Waals surface area contributed by atoms with Crippen molar-refractivity contribution in [3.8, 4) is 0 Å². The average Bonchev–Trinajstić information content (AvgIpc) is 2.67. The topological polar surface area (TPSA) is 41.1 Å². The van der Waals surface area contributed by atoms with Crippen molar-refractivity contribution in [1.29, 1.82) is 0 Å². The van der Waals surface area contributed by atoms with Crippen LogP contribution < -0.4 is 10.6 Å². The Morgan fingerprint density at radius 1 is 0.926 bits per heavy atom. The first kappa shape index (κ1) is 19.3. The third-order valence-corrected chi connectivity index (χ3v) is 5.26. The van der Waals surface area contributed by atoms with E-state index < -0.39 is 17.8 Å². The zero-order valence-corrected chi connectivity index (χ0v) is 15.0. The van der Waals surface area contributed by atoms with Crippen LogP contribution in [0.5, 0.6) is 0 Å². The molecule has 1 aliphatic carbocycles. The molecule has 0 bridgehead atoms. The van der Waals surface area contributed by atoms with E-state index in [-0.39, 0.29) is 11.1 Å². The van der Waals surface area contributed by atoms with Gasteiger partial charge in [-0.15, -0.1) is 0 Å². The molecule has 27 heavy (non-hydrogen) atoms. The lowest BCUT2D eigenvalue weighted by atomic mass is 9.69. The monoisotopic (exact) mass is 376 g/mol. The van der Waals surface area contributed by atoms with Gasteiger partial charge in [0.25, 0.3) is 0 Å². The first-order chi connectivity index (χ1) is 12.9. The second-order valence-corrected chi connectivity index (χ2v) is 7.06. The van der Waals surface area contributed by atoms with Crippen molar-refractivity contribution in [2.75, 3.05) is 11.9 Å². The molecule has 0 heterocycles. The Hall–Kier alpha value is -2.50. The second-order valence-electron chi connectivity index (χ2n) is 7.06. The van der Waals surface area contributed by atoms with Gasteiger partial charge in [0, 0.05) is 12.0 Å². The van der Waals surface area contributed by atoms with E-state index in [1.807, 2.05) is 18.2 Å². The second kappa shape index (κ2) is 8.03. The summed E-state index contributed by atoms with van der Waals surface area (Å²) < 4.78 is 39.3. The first-order valence-electron chi connectivity index (χ1n) is 9.17. The van der Waals surface area contributed by atoms with Crippen molar-refractivity contribution < 1.29 is 18.0 Å². The summed E-state index contributed by atoms with van der Waals surface area (Å²) in [6.45, 7) is 0.400. The molecule has 1 aliphatic rings. The van der Waals surface area contributed by atoms with E-state index in [0.29, 0.717) is 6.54 Å². The Balaban J connectivity index is 1.71. The number of hydrogen-bond donors (Lipinski definition) is 2. The minimum atomic E-state index is -4.52. The van der Waals surface area contributed by atoms with Gasteiger partial charge in [0.15, 0.2) is 0 Å². The van der Waals surface area contributed by atoms with Crippen molar-refractivity contribution in [3.05, 3.63) is 65.7 Å². The van der Waals surface area contributed by atoms with Crippen LogP contribution in [0.2, 0.25) is 0 Å². The van der Waals surface area contributed by atoms with Gasteiger partial charge in [-0.3, -0.25) is 0 Å². The lowest BCUT2D eigenvalue weighted by molar-refractivity contribution is -0.136. The molecule has 2 aromatic rings. The molecule has 0 radical (unpaired) electrons. The number of para-hydroxylation sites is 1. The van der Waals surface area contributed by atoms with Crippen LogP contribution >= 0.6 is 0 Å². The zero-order valence-electron chi connectivity index (χ0n) is 15.0. The van der Waals surface area contributed by atoms with Gasteiger partial charge in [-0.05, 0) is 30.5 Å². The largest absolute Gasteiger partial charge is 0.418 e. The van der Waals surface area contributed by atoms with Crippen molar-refractivity contribution in [1.82, 2.24) is 5.32 Å². The molecule has 2 N–H and O–H groups in total. The molecule has 3 rings (SSSR count). The number of carbonyl (C=O) groups excluding carboxylic acids is 1. The van der Waals surface area contributed by atoms with Gasteiger partial charge in [-0.2, -0.15) is 13.2 Å². The highest BCUT2D eigenvalue weighted by atomic mass is 19.4. The van der Waals surface area contributed by atoms with E-state index in [9.17, 15) is 18.0 Å². The number of benzene rings is 2. The van der Waals surface area contributed by atoms with Crippen LogP contribution in [0.3, 0.4) is 0 Å². The van der Waals surface area contributed by atoms with Gasteiger partial charge in [0.2, 0.25) is 0 Å². The Kier molecular flexibility index (Phi) is 5.73. The molecule has 3 nitrogen and oxygen atoms in total. The normalized spacial score (nSPS) is 16.6. The van der Waals surface area contributed by atoms with Crippen molar-refractivity contribution >= 4 is 11.7 Å². The molecule has 0 aliphatic heterocycles. The summed E-state index contributed by atoms with van der Waals surface area (Å²) in [5.74, 6) is 0. The van der Waals surface area contributed by atoms with Crippen LogP contribution in [0.15, 0.2) is 54.6 Å². The van der Waals surface area contributed by atoms with E-state index in [1.54, 1.807) is 0 Å². The molecule has 0 aromatic heterocycles. The minimum absolute atomic E-state index is 0.166. The Morgan fingerprint density at radius 3 is 2.22 bits per heavy atom. The first-order valence-corrected chi connectivity index (χ1v) is 9.17. The molecule has 144 valence electrons. The maximum absolute atomic E-state index is 13.1. The molecule has 2 aromatic carbocycles. The molecule has 1 saturated carbocycles. The molecular formula is C21H23F3N2O. The standard InChI is InChI=1S/C21H23F3N2O/c22-21(23,24)17-11-5-6-12-18(17)26-19(27)25-15-20(13-7-2-8-14-20)16-9-3-1-4-10-16/h1,3-6,9-12H,2,7-8,13-15H2,(H2,25,26,27). The summed E-state index contributed by atoms with van der Waals surface area (Å²) in [5.41, 5.74) is -0.0865. The maximum atomic E-state index is 13.1. The fourth-order valence-electron chi connectivity index (χ4n) is 3.84. The van der Waals surface area contributed by atoms with Gasteiger partial charge in [-0.1, -0.05) is 61.7 Å². The summed E-state index contributed by atoms with van der Waals surface area (Å²) in [5, 5.41) is 5.16. The smallest absolute Gasteiger partial charge is 0.337 e. The zero-order chi connectivity index (χ0) is 19.3. The highest BCUT2D eigenvalue weighted by Gasteiger charge is 2.35. The minimum Gasteiger partial charge on any atom is -0.337 e. The number of urea groups is 1. The fourth-order valence-corrected chi connectivity index (χ4v) is 3.84. The van der Waals surface area contributed by atoms with Crippen molar-refractivity contribution in [2.45, 2.75) is 43.7 Å². The number of alkyl halides is 3. The predicted octanol–water partition coefficient (Wildman–Crippen LogP) is 5.73. The Labute approximate surface area is 157 Å². The maximum Gasteiger partial charge on any atom is 0.418 e. The summed E-state index contributed by atoms with van der Waals surface area (Å²) in [6, 6.07) is 14.4. The summed E-state index contributed by atoms with van der Waals surface area (Å²) in [4.78, 5) is 12.3. The SMILES string of the molecule is O=C(NCC1(c2ccccc2)CCCCC1)Nc1ccccc1C(F)(F)F. The van der Waals surface area contributed by atoms with Gasteiger partial charge in [-0.25, -0.2) is 4.79 Å². The number of amides is 2. The van der Waals surface area contributed by atoms with E-state index in [0.717, 1.165) is 31.7 Å². The number of hydrogen-bond acceptors (Lipinski definition) is 1. The quantitative estimate of drug-likeness (QED) is 0.703. The number of nitrogens with one attached hydrogen (secondary N) is 2. The molecular weight excluding hydrogens is 353 g/mol.